The van der Waals surface area contributed by atoms with E-state index in [1.54, 1.807) is 0 Å². The molecule has 0 bridgehead atoms. The van der Waals surface area contributed by atoms with Gasteiger partial charge in [0.2, 0.25) is 0 Å². The number of hydrogen-bond donors (Lipinski definition) is 1. The Bertz CT molecular complexity index is 790. The van der Waals surface area contributed by atoms with E-state index < -0.39 is 0 Å². The van der Waals surface area contributed by atoms with Gasteiger partial charge in [0.1, 0.15) is 5.58 Å². The van der Waals surface area contributed by atoms with Crippen LogP contribution in [0.3, 0.4) is 0 Å². The van der Waals surface area contributed by atoms with E-state index in [9.17, 15) is 9.90 Å². The van der Waals surface area contributed by atoms with Gasteiger partial charge >= 0.3 is 0 Å². The van der Waals surface area contributed by atoms with Crippen molar-refractivity contribution in [3.63, 3.8) is 0 Å². The fourth-order valence-corrected chi connectivity index (χ4v) is 4.34. The number of fused-ring (bicyclic) bond motifs is 1. The Morgan fingerprint density at radius 2 is 1.92 bits per heavy atom. The van der Waals surface area contributed by atoms with Crippen LogP contribution in [-0.4, -0.2) is 59.1 Å². The third-order valence-electron chi connectivity index (χ3n) is 5.87. The van der Waals surface area contributed by atoms with Crippen LogP contribution in [-0.2, 0) is 0 Å². The number of piperazine rings is 1. The molecule has 5 nitrogen and oxygen atoms in total. The number of hydrogen-bond acceptors (Lipinski definition) is 4. The van der Waals surface area contributed by atoms with Gasteiger partial charge in [-0.2, -0.15) is 0 Å². The summed E-state index contributed by atoms with van der Waals surface area (Å²) in [4.78, 5) is 17.2. The number of aliphatic hydroxyl groups excluding tert-OH is 1. The van der Waals surface area contributed by atoms with E-state index in [4.69, 9.17) is 4.42 Å². The molecule has 2 aliphatic rings. The molecule has 2 fully saturated rings. The van der Waals surface area contributed by atoms with Crippen LogP contribution >= 0.6 is 0 Å². The molecule has 1 saturated heterocycles. The Morgan fingerprint density at radius 3 is 2.56 bits per heavy atom. The first-order valence-corrected chi connectivity index (χ1v) is 9.26. The van der Waals surface area contributed by atoms with Crippen molar-refractivity contribution in [3.05, 3.63) is 35.1 Å². The van der Waals surface area contributed by atoms with E-state index in [0.29, 0.717) is 18.8 Å². The second-order valence-corrected chi connectivity index (χ2v) is 7.40. The van der Waals surface area contributed by atoms with Crippen LogP contribution in [0.1, 0.15) is 40.9 Å². The maximum atomic E-state index is 13.0. The molecule has 0 radical (unpaired) electrons. The Labute approximate surface area is 148 Å². The van der Waals surface area contributed by atoms with Crippen LogP contribution in [0, 0.1) is 13.8 Å². The molecular formula is C20H26N2O3. The van der Waals surface area contributed by atoms with Crippen LogP contribution in [0.2, 0.25) is 0 Å². The summed E-state index contributed by atoms with van der Waals surface area (Å²) in [6.07, 6.45) is 2.86. The standard InChI is InChI=1S/C20H26N2O3/c1-13-5-3-6-15-14(2)19(25-18(13)15)20(24)22-11-9-21(10-12-22)16-7-4-8-17(16)23/h3,5-6,16-17,23H,4,7-12H2,1-2H3/t16-,17+/m1/s1. The SMILES string of the molecule is Cc1c(C(=O)N2CCN([C@@H]3CCC[C@@H]3O)CC2)oc2c(C)cccc12. The Hall–Kier alpha value is -1.85. The zero-order chi connectivity index (χ0) is 17.6. The first kappa shape index (κ1) is 16.6. The smallest absolute Gasteiger partial charge is 0.289 e. The van der Waals surface area contributed by atoms with Gasteiger partial charge in [-0.15, -0.1) is 0 Å². The number of nitrogens with zero attached hydrogens (tertiary/aromatic N) is 2. The van der Waals surface area contributed by atoms with Gasteiger partial charge in [-0.3, -0.25) is 9.69 Å². The lowest BCUT2D eigenvalue weighted by atomic mass is 10.1. The number of aliphatic hydroxyl groups is 1. The van der Waals surface area contributed by atoms with Crippen LogP contribution in [0.15, 0.2) is 22.6 Å². The van der Waals surface area contributed by atoms with Crippen molar-refractivity contribution >= 4 is 16.9 Å². The number of carbonyl (C=O) groups excluding carboxylic acids is 1. The van der Waals surface area contributed by atoms with Crippen molar-refractivity contribution in [1.82, 2.24) is 9.80 Å². The van der Waals surface area contributed by atoms with Crippen molar-refractivity contribution in [2.45, 2.75) is 45.3 Å². The molecule has 2 heterocycles. The summed E-state index contributed by atoms with van der Waals surface area (Å²) < 4.78 is 5.94. The third-order valence-corrected chi connectivity index (χ3v) is 5.87. The van der Waals surface area contributed by atoms with Crippen molar-refractivity contribution in [1.29, 1.82) is 0 Å². The molecule has 1 N–H and O–H groups in total. The van der Waals surface area contributed by atoms with Crippen LogP contribution in [0.5, 0.6) is 0 Å². The summed E-state index contributed by atoms with van der Waals surface area (Å²) in [7, 11) is 0. The first-order chi connectivity index (χ1) is 12.1. The van der Waals surface area contributed by atoms with Gasteiger partial charge in [0.15, 0.2) is 5.76 Å². The molecule has 0 spiro atoms. The number of para-hydroxylation sites is 1. The lowest BCUT2D eigenvalue weighted by Gasteiger charge is -2.38. The highest BCUT2D eigenvalue weighted by Crippen LogP contribution is 2.29. The summed E-state index contributed by atoms with van der Waals surface area (Å²) >= 11 is 0. The molecule has 5 heteroatoms. The molecule has 1 aromatic heterocycles. The monoisotopic (exact) mass is 342 g/mol. The minimum Gasteiger partial charge on any atom is -0.450 e. The van der Waals surface area contributed by atoms with E-state index in [1.807, 2.05) is 36.9 Å². The number of furan rings is 1. The predicted molar refractivity (Wildman–Crippen MR) is 96.8 cm³/mol. The summed E-state index contributed by atoms with van der Waals surface area (Å²) in [6, 6.07) is 6.29. The number of carbonyl (C=O) groups is 1. The van der Waals surface area contributed by atoms with Gasteiger partial charge < -0.3 is 14.4 Å². The van der Waals surface area contributed by atoms with Gasteiger partial charge in [0.25, 0.3) is 5.91 Å². The molecule has 1 saturated carbocycles. The molecule has 2 atom stereocenters. The predicted octanol–water partition coefficient (Wildman–Crippen LogP) is 2.72. The van der Waals surface area contributed by atoms with Gasteiger partial charge in [0, 0.05) is 43.2 Å². The fourth-order valence-electron chi connectivity index (χ4n) is 4.34. The molecule has 2 aromatic rings. The van der Waals surface area contributed by atoms with Crippen LogP contribution in [0.25, 0.3) is 11.0 Å². The molecule has 134 valence electrons. The molecule has 1 aliphatic heterocycles. The minimum atomic E-state index is -0.206. The number of aryl methyl sites for hydroxylation is 2. The maximum Gasteiger partial charge on any atom is 0.289 e. The second kappa shape index (κ2) is 6.46. The Balaban J connectivity index is 1.49. The second-order valence-electron chi connectivity index (χ2n) is 7.40. The van der Waals surface area contributed by atoms with Crippen molar-refractivity contribution in [2.75, 3.05) is 26.2 Å². The topological polar surface area (TPSA) is 56.9 Å². The van der Waals surface area contributed by atoms with Gasteiger partial charge in [-0.25, -0.2) is 0 Å². The molecule has 0 unspecified atom stereocenters. The zero-order valence-electron chi connectivity index (χ0n) is 15.0. The maximum absolute atomic E-state index is 13.0. The largest absolute Gasteiger partial charge is 0.450 e. The van der Waals surface area contributed by atoms with E-state index in [0.717, 1.165) is 54.4 Å². The van der Waals surface area contributed by atoms with E-state index in [1.165, 1.54) is 0 Å². The normalized spacial score (nSPS) is 25.0. The molecule has 4 rings (SSSR count). The lowest BCUT2D eigenvalue weighted by molar-refractivity contribution is 0.0302. The van der Waals surface area contributed by atoms with Crippen molar-refractivity contribution in [2.24, 2.45) is 0 Å². The highest BCUT2D eigenvalue weighted by atomic mass is 16.3. The zero-order valence-corrected chi connectivity index (χ0v) is 15.0. The first-order valence-electron chi connectivity index (χ1n) is 9.26. The summed E-state index contributed by atoms with van der Waals surface area (Å²) in [5.74, 6) is 0.457. The Kier molecular flexibility index (Phi) is 4.29. The molecule has 1 amide bonds. The molecular weight excluding hydrogens is 316 g/mol. The molecule has 1 aliphatic carbocycles. The van der Waals surface area contributed by atoms with Crippen molar-refractivity contribution in [3.8, 4) is 0 Å². The highest BCUT2D eigenvalue weighted by Gasteiger charge is 2.34. The van der Waals surface area contributed by atoms with Crippen LogP contribution in [0.4, 0.5) is 0 Å². The minimum absolute atomic E-state index is 0.0141. The lowest BCUT2D eigenvalue weighted by Crippen LogP contribution is -2.53. The van der Waals surface area contributed by atoms with Gasteiger partial charge in [0.05, 0.1) is 6.10 Å². The average Bonchev–Trinajstić information content (AvgIpc) is 3.19. The Morgan fingerprint density at radius 1 is 1.16 bits per heavy atom. The third kappa shape index (κ3) is 2.85. The quantitative estimate of drug-likeness (QED) is 0.912. The van der Waals surface area contributed by atoms with Crippen molar-refractivity contribution < 1.29 is 14.3 Å². The van der Waals surface area contributed by atoms with E-state index >= 15 is 0 Å². The van der Waals surface area contributed by atoms with Crippen LogP contribution < -0.4 is 0 Å². The number of rotatable bonds is 2. The molecule has 1 aromatic carbocycles. The molecule has 25 heavy (non-hydrogen) atoms. The summed E-state index contributed by atoms with van der Waals surface area (Å²) in [5, 5.41) is 11.1. The summed E-state index contributed by atoms with van der Waals surface area (Å²) in [5.41, 5.74) is 2.80. The van der Waals surface area contributed by atoms with Gasteiger partial charge in [-0.1, -0.05) is 18.2 Å². The van der Waals surface area contributed by atoms with E-state index in [2.05, 4.69) is 4.90 Å². The summed E-state index contributed by atoms with van der Waals surface area (Å²) in [6.45, 7) is 7.00. The fraction of sp³-hybridized carbons (Fsp3) is 0.550. The van der Waals surface area contributed by atoms with Gasteiger partial charge in [-0.05, 0) is 38.7 Å². The highest BCUT2D eigenvalue weighted by molar-refractivity contribution is 5.99. The number of benzene rings is 1. The van der Waals surface area contributed by atoms with E-state index in [-0.39, 0.29) is 18.1 Å². The average molecular weight is 342 g/mol. The number of amides is 1.